The van der Waals surface area contributed by atoms with Gasteiger partial charge in [0.25, 0.3) is 0 Å². The monoisotopic (exact) mass is 312 g/mol. The largest absolute Gasteiger partial charge is 0.295 e. The van der Waals surface area contributed by atoms with Gasteiger partial charge in [0, 0.05) is 18.3 Å². The second-order valence-corrected chi connectivity index (χ2v) is 6.38. The summed E-state index contributed by atoms with van der Waals surface area (Å²) < 4.78 is 13.1. The van der Waals surface area contributed by atoms with Crippen LogP contribution in [0.2, 0.25) is 0 Å². The van der Waals surface area contributed by atoms with Gasteiger partial charge in [-0.1, -0.05) is 12.1 Å². The van der Waals surface area contributed by atoms with E-state index in [9.17, 15) is 9.18 Å². The van der Waals surface area contributed by atoms with E-state index in [1.807, 2.05) is 24.4 Å². The van der Waals surface area contributed by atoms with E-state index in [0.29, 0.717) is 5.75 Å². The fourth-order valence-electron chi connectivity index (χ4n) is 2.83. The molecule has 5 heteroatoms. The van der Waals surface area contributed by atoms with Gasteiger partial charge < -0.3 is 0 Å². The van der Waals surface area contributed by atoms with Gasteiger partial charge in [0.05, 0.1) is 11.4 Å². The molecule has 2 aromatic rings. The molecule has 0 N–H and O–H groups in total. The molecule has 1 unspecified atom stereocenters. The number of fused-ring (bicyclic) bond motifs is 1. The summed E-state index contributed by atoms with van der Waals surface area (Å²) in [6.07, 6.45) is 2.69. The molecular formula is C17H13FN2OS. The minimum atomic E-state index is -0.265. The number of carbonyl (C=O) groups is 1. The molecular weight excluding hydrogens is 299 g/mol. The summed E-state index contributed by atoms with van der Waals surface area (Å²) in [7, 11) is 0. The number of benzene rings is 2. The van der Waals surface area contributed by atoms with Crippen LogP contribution in [0, 0.1) is 5.82 Å². The fraction of sp³-hybridized carbons (Fsp3) is 0.176. The number of halogens is 1. The minimum Gasteiger partial charge on any atom is -0.295 e. The Labute approximate surface area is 131 Å². The van der Waals surface area contributed by atoms with E-state index >= 15 is 0 Å². The first-order valence-corrected chi connectivity index (χ1v) is 8.12. The maximum Gasteiger partial charge on any atom is 0.238 e. The molecule has 0 aliphatic carbocycles. The summed E-state index contributed by atoms with van der Waals surface area (Å²) in [4.78, 5) is 18.4. The number of carbonyl (C=O) groups excluding carboxylic acids is 1. The van der Waals surface area contributed by atoms with Crippen LogP contribution < -0.4 is 4.90 Å². The van der Waals surface area contributed by atoms with Gasteiger partial charge in [-0.05, 0) is 41.5 Å². The molecule has 2 aliphatic heterocycles. The number of nitrogens with zero attached hydrogens (tertiary/aromatic N) is 2. The molecule has 2 heterocycles. The third kappa shape index (κ3) is 2.22. The van der Waals surface area contributed by atoms with Crippen LogP contribution in [0.1, 0.15) is 16.5 Å². The van der Waals surface area contributed by atoms with Crippen molar-refractivity contribution in [2.45, 2.75) is 11.8 Å². The van der Waals surface area contributed by atoms with Crippen LogP contribution in [0.5, 0.6) is 0 Å². The van der Waals surface area contributed by atoms with Gasteiger partial charge in [-0.15, -0.1) is 11.8 Å². The lowest BCUT2D eigenvalue weighted by molar-refractivity contribution is -0.115. The van der Waals surface area contributed by atoms with Gasteiger partial charge >= 0.3 is 0 Å². The average Bonchev–Trinajstić information content (AvgIpc) is 3.13. The van der Waals surface area contributed by atoms with Crippen molar-refractivity contribution in [1.29, 1.82) is 0 Å². The Hall–Kier alpha value is -2.14. The lowest BCUT2D eigenvalue weighted by Gasteiger charge is -2.25. The Balaban J connectivity index is 1.71. The van der Waals surface area contributed by atoms with Crippen molar-refractivity contribution in [2.75, 3.05) is 10.7 Å². The van der Waals surface area contributed by atoms with Crippen LogP contribution in [0.3, 0.4) is 0 Å². The van der Waals surface area contributed by atoms with E-state index in [0.717, 1.165) is 28.9 Å². The average molecular weight is 312 g/mol. The maximum atomic E-state index is 13.1. The van der Waals surface area contributed by atoms with Gasteiger partial charge in [-0.3, -0.25) is 14.7 Å². The fourth-order valence-corrected chi connectivity index (χ4v) is 4.01. The first kappa shape index (κ1) is 13.5. The number of hydrogen-bond acceptors (Lipinski definition) is 3. The third-order valence-corrected chi connectivity index (χ3v) is 5.12. The summed E-state index contributed by atoms with van der Waals surface area (Å²) in [6.45, 7) is 0. The molecule has 4 rings (SSSR count). The van der Waals surface area contributed by atoms with E-state index in [1.165, 1.54) is 12.1 Å². The predicted octanol–water partition coefficient (Wildman–Crippen LogP) is 3.86. The summed E-state index contributed by atoms with van der Waals surface area (Å²) in [6, 6.07) is 12.3. The van der Waals surface area contributed by atoms with Gasteiger partial charge in [0.2, 0.25) is 5.91 Å². The van der Waals surface area contributed by atoms with Crippen molar-refractivity contribution in [3.05, 3.63) is 59.4 Å². The molecule has 1 atom stereocenters. The molecule has 3 nitrogen and oxygen atoms in total. The van der Waals surface area contributed by atoms with E-state index < -0.39 is 0 Å². The lowest BCUT2D eigenvalue weighted by atomic mass is 10.1. The van der Waals surface area contributed by atoms with Crippen molar-refractivity contribution >= 4 is 35.3 Å². The van der Waals surface area contributed by atoms with Crippen molar-refractivity contribution < 1.29 is 9.18 Å². The Morgan fingerprint density at radius 3 is 2.82 bits per heavy atom. The van der Waals surface area contributed by atoms with Crippen molar-refractivity contribution in [3.63, 3.8) is 0 Å². The van der Waals surface area contributed by atoms with Crippen LogP contribution in [0.4, 0.5) is 15.8 Å². The second kappa shape index (κ2) is 5.25. The number of anilines is 1. The molecule has 1 saturated heterocycles. The van der Waals surface area contributed by atoms with Crippen molar-refractivity contribution in [1.82, 2.24) is 0 Å². The number of thioether (sulfide) groups is 1. The number of amides is 1. The summed E-state index contributed by atoms with van der Waals surface area (Å²) in [5.41, 5.74) is 3.93. The normalized spacial score (nSPS) is 19.8. The Morgan fingerprint density at radius 1 is 1.18 bits per heavy atom. The van der Waals surface area contributed by atoms with E-state index in [1.54, 1.807) is 28.8 Å². The first-order valence-electron chi connectivity index (χ1n) is 7.07. The number of rotatable bonds is 2. The smallest absolute Gasteiger partial charge is 0.238 e. The molecule has 2 aliphatic rings. The van der Waals surface area contributed by atoms with Crippen LogP contribution in [0.15, 0.2) is 47.5 Å². The zero-order valence-electron chi connectivity index (χ0n) is 11.7. The van der Waals surface area contributed by atoms with Gasteiger partial charge in [0.1, 0.15) is 11.2 Å². The molecule has 0 saturated carbocycles. The highest BCUT2D eigenvalue weighted by Crippen LogP contribution is 2.43. The van der Waals surface area contributed by atoms with Gasteiger partial charge in [-0.2, -0.15) is 0 Å². The van der Waals surface area contributed by atoms with Crippen LogP contribution >= 0.6 is 11.8 Å². The first-order chi connectivity index (χ1) is 10.7. The molecule has 0 bridgehead atoms. The van der Waals surface area contributed by atoms with Gasteiger partial charge in [-0.25, -0.2) is 4.39 Å². The lowest BCUT2D eigenvalue weighted by Crippen LogP contribution is -2.27. The zero-order valence-corrected chi connectivity index (χ0v) is 12.5. The topological polar surface area (TPSA) is 32.7 Å². The van der Waals surface area contributed by atoms with Gasteiger partial charge in [0.15, 0.2) is 0 Å². The van der Waals surface area contributed by atoms with E-state index in [4.69, 9.17) is 0 Å². The molecule has 0 spiro atoms. The molecule has 0 aromatic heterocycles. The molecule has 22 heavy (non-hydrogen) atoms. The van der Waals surface area contributed by atoms with Crippen LogP contribution in [-0.4, -0.2) is 17.9 Å². The second-order valence-electron chi connectivity index (χ2n) is 5.31. The molecule has 2 aromatic carbocycles. The molecule has 1 fully saturated rings. The standard InChI is InChI=1S/C17H13FN2OS/c18-13-3-1-11(2-4-13)17-20(16(21)10-22-17)14-5-6-15-12(9-14)7-8-19-15/h1-6,8-9,17H,7,10H2. The third-order valence-electron chi connectivity index (χ3n) is 3.91. The number of aliphatic imine (C=N–C) groups is 1. The quantitative estimate of drug-likeness (QED) is 0.843. The molecule has 0 radical (unpaired) electrons. The highest BCUT2D eigenvalue weighted by molar-refractivity contribution is 8.00. The highest BCUT2D eigenvalue weighted by atomic mass is 32.2. The SMILES string of the molecule is O=C1CSC(c2ccc(F)cc2)N1c1ccc2c(c1)CC=N2. The Kier molecular flexibility index (Phi) is 3.22. The zero-order chi connectivity index (χ0) is 15.1. The highest BCUT2D eigenvalue weighted by Gasteiger charge is 2.34. The van der Waals surface area contributed by atoms with E-state index in [-0.39, 0.29) is 17.1 Å². The molecule has 1 amide bonds. The summed E-state index contributed by atoms with van der Waals surface area (Å²) in [5.74, 6) is 0.257. The van der Waals surface area contributed by atoms with Crippen molar-refractivity contribution in [2.24, 2.45) is 4.99 Å². The summed E-state index contributed by atoms with van der Waals surface area (Å²) >= 11 is 1.57. The summed E-state index contributed by atoms with van der Waals surface area (Å²) in [5, 5.41) is -0.103. The van der Waals surface area contributed by atoms with Crippen LogP contribution in [-0.2, 0) is 11.2 Å². The van der Waals surface area contributed by atoms with E-state index in [2.05, 4.69) is 4.99 Å². The van der Waals surface area contributed by atoms with Crippen molar-refractivity contribution in [3.8, 4) is 0 Å². The predicted molar refractivity (Wildman–Crippen MR) is 87.4 cm³/mol. The minimum absolute atomic E-state index is 0.0817. The Bertz CT molecular complexity index is 773. The molecule has 110 valence electrons. The Morgan fingerprint density at radius 2 is 2.00 bits per heavy atom. The number of hydrogen-bond donors (Lipinski definition) is 0. The maximum absolute atomic E-state index is 13.1. The van der Waals surface area contributed by atoms with Crippen LogP contribution in [0.25, 0.3) is 0 Å².